The van der Waals surface area contributed by atoms with E-state index in [9.17, 15) is 14.7 Å². The Morgan fingerprint density at radius 2 is 1.82 bits per heavy atom. The van der Waals surface area contributed by atoms with Crippen LogP contribution in [0.3, 0.4) is 0 Å². The molecule has 0 saturated heterocycles. The number of carbonyl (C=O) groups is 2. The molecule has 28 heavy (non-hydrogen) atoms. The highest BCUT2D eigenvalue weighted by Crippen LogP contribution is 2.32. The van der Waals surface area contributed by atoms with Crippen molar-refractivity contribution < 1.29 is 24.2 Å². The molecule has 2 aromatic rings. The minimum Gasteiger partial charge on any atom is -0.548 e. The van der Waals surface area contributed by atoms with Gasteiger partial charge in [0.25, 0.3) is 5.91 Å². The number of carboxylic acid groups (broad SMARTS) is 1. The maximum absolute atomic E-state index is 11.8. The monoisotopic (exact) mass is 385 g/mol. The number of rotatable bonds is 10. The number of anilines is 1. The van der Waals surface area contributed by atoms with Gasteiger partial charge in [-0.3, -0.25) is 10.2 Å². The highest BCUT2D eigenvalue weighted by molar-refractivity contribution is 5.95. The quantitative estimate of drug-likeness (QED) is 0.333. The molecule has 9 heteroatoms. The number of nitrogens with two attached hydrogens (primary N) is 2. The third kappa shape index (κ3) is 5.37. The molecule has 0 heterocycles. The first-order valence-electron chi connectivity index (χ1n) is 8.41. The van der Waals surface area contributed by atoms with Gasteiger partial charge in [0.15, 0.2) is 6.61 Å². The zero-order valence-electron chi connectivity index (χ0n) is 15.2. The van der Waals surface area contributed by atoms with Crippen LogP contribution >= 0.6 is 0 Å². The second-order valence-corrected chi connectivity index (χ2v) is 5.78. The molecule has 0 aliphatic rings. The van der Waals surface area contributed by atoms with E-state index in [1.807, 2.05) is 0 Å². The fourth-order valence-corrected chi connectivity index (χ4v) is 2.47. The molecule has 148 valence electrons. The van der Waals surface area contributed by atoms with Gasteiger partial charge in [-0.1, -0.05) is 0 Å². The predicted octanol–water partition coefficient (Wildman–Crippen LogP) is 0.137. The van der Waals surface area contributed by atoms with Crippen molar-refractivity contribution >= 4 is 23.4 Å². The maximum Gasteiger partial charge on any atom is 0.255 e. The van der Waals surface area contributed by atoms with Gasteiger partial charge in [-0.25, -0.2) is 0 Å². The molecule has 1 atom stereocenters. The second kappa shape index (κ2) is 9.26. The Balaban J connectivity index is 2.38. The number of amides is 1. The molecule has 2 rings (SSSR count). The molecule has 0 saturated carbocycles. The largest absolute Gasteiger partial charge is 0.548 e. The molecule has 0 bridgehead atoms. The normalized spacial score (nSPS) is 11.3. The van der Waals surface area contributed by atoms with Crippen molar-refractivity contribution in [3.63, 3.8) is 0 Å². The zero-order valence-corrected chi connectivity index (χ0v) is 15.2. The van der Waals surface area contributed by atoms with Crippen molar-refractivity contribution in [1.82, 2.24) is 0 Å². The van der Waals surface area contributed by atoms with Crippen LogP contribution in [0.4, 0.5) is 5.69 Å². The Morgan fingerprint density at radius 1 is 1.14 bits per heavy atom. The van der Waals surface area contributed by atoms with Gasteiger partial charge in [0.1, 0.15) is 17.3 Å². The fraction of sp³-hybridized carbons (Fsp3) is 0.211. The van der Waals surface area contributed by atoms with Gasteiger partial charge in [0.05, 0.1) is 18.6 Å². The summed E-state index contributed by atoms with van der Waals surface area (Å²) in [5.41, 5.74) is 11.7. The average molecular weight is 385 g/mol. The molecule has 9 nitrogen and oxygen atoms in total. The topological polar surface area (TPSA) is 164 Å². The Morgan fingerprint density at radius 3 is 2.36 bits per heavy atom. The van der Waals surface area contributed by atoms with Crippen LogP contribution in [-0.4, -0.2) is 30.9 Å². The molecule has 2 aromatic carbocycles. The number of carbonyl (C=O) groups excluding carboxylic acids is 2. The van der Waals surface area contributed by atoms with E-state index in [4.69, 9.17) is 26.4 Å². The van der Waals surface area contributed by atoms with Crippen molar-refractivity contribution in [3.8, 4) is 11.5 Å². The lowest BCUT2D eigenvalue weighted by Gasteiger charge is -2.24. The fourth-order valence-electron chi connectivity index (χ4n) is 2.47. The third-order valence-electron chi connectivity index (χ3n) is 3.72. The van der Waals surface area contributed by atoms with Crippen molar-refractivity contribution in [2.24, 2.45) is 11.5 Å². The standard InChI is InChI=1S/C19H22N4O5/c1-2-27-13-7-8-15(28-10-16(20)24)14(9-13)17(19(25)26)23-12-5-3-11(4-6-12)18(21)22/h3-9,17,23H,2,10H2,1H3,(H2,20,24)(H3,21,22)(H,25,26)/p-1. The molecule has 1 amide bonds. The van der Waals surface area contributed by atoms with Gasteiger partial charge in [0.2, 0.25) is 0 Å². The van der Waals surface area contributed by atoms with E-state index in [-0.39, 0.29) is 17.1 Å². The molecule has 0 spiro atoms. The first-order valence-corrected chi connectivity index (χ1v) is 8.41. The summed E-state index contributed by atoms with van der Waals surface area (Å²) < 4.78 is 10.8. The molecule has 1 unspecified atom stereocenters. The SMILES string of the molecule is CCOc1ccc(OCC(N)=O)c(C(Nc2ccc(C(=N)N)cc2)C(=O)[O-])c1. The average Bonchev–Trinajstić information content (AvgIpc) is 2.65. The summed E-state index contributed by atoms with van der Waals surface area (Å²) in [7, 11) is 0. The molecule has 0 radical (unpaired) electrons. The second-order valence-electron chi connectivity index (χ2n) is 5.78. The van der Waals surface area contributed by atoms with Crippen molar-refractivity contribution in [2.45, 2.75) is 13.0 Å². The van der Waals surface area contributed by atoms with Crippen LogP contribution in [0, 0.1) is 5.41 Å². The highest BCUT2D eigenvalue weighted by atomic mass is 16.5. The minimum atomic E-state index is -1.41. The number of aliphatic carboxylic acids is 1. The first kappa shape index (κ1) is 20.6. The minimum absolute atomic E-state index is 0.102. The lowest BCUT2D eigenvalue weighted by Crippen LogP contribution is -2.34. The molecule has 0 fully saturated rings. The summed E-state index contributed by atoms with van der Waals surface area (Å²) in [6.07, 6.45) is 0. The summed E-state index contributed by atoms with van der Waals surface area (Å²) in [6.45, 7) is 1.77. The zero-order chi connectivity index (χ0) is 20.7. The van der Waals surface area contributed by atoms with E-state index in [0.29, 0.717) is 23.6 Å². The van der Waals surface area contributed by atoms with Crippen LogP contribution in [0.25, 0.3) is 0 Å². The van der Waals surface area contributed by atoms with Gasteiger partial charge in [0, 0.05) is 16.8 Å². The van der Waals surface area contributed by atoms with Gasteiger partial charge in [-0.15, -0.1) is 0 Å². The van der Waals surface area contributed by atoms with Gasteiger partial charge in [-0.2, -0.15) is 0 Å². The molecule has 6 N–H and O–H groups in total. The number of hydrogen-bond acceptors (Lipinski definition) is 7. The predicted molar refractivity (Wildman–Crippen MR) is 101 cm³/mol. The van der Waals surface area contributed by atoms with E-state index < -0.39 is 24.5 Å². The lowest BCUT2D eigenvalue weighted by molar-refractivity contribution is -0.307. The molecule has 0 aliphatic heterocycles. The van der Waals surface area contributed by atoms with Crippen LogP contribution in [0.5, 0.6) is 11.5 Å². The van der Waals surface area contributed by atoms with E-state index in [1.165, 1.54) is 12.1 Å². The van der Waals surface area contributed by atoms with E-state index >= 15 is 0 Å². The summed E-state index contributed by atoms with van der Waals surface area (Å²) in [5.74, 6) is -1.62. The third-order valence-corrected chi connectivity index (χ3v) is 3.72. The number of ether oxygens (including phenoxy) is 2. The van der Waals surface area contributed by atoms with Crippen LogP contribution in [0.15, 0.2) is 42.5 Å². The highest BCUT2D eigenvalue weighted by Gasteiger charge is 2.20. The van der Waals surface area contributed by atoms with Crippen molar-refractivity contribution in [1.29, 1.82) is 5.41 Å². The Kier molecular flexibility index (Phi) is 6.80. The van der Waals surface area contributed by atoms with Gasteiger partial charge in [-0.05, 0) is 49.4 Å². The maximum atomic E-state index is 11.8. The Labute approximate surface area is 161 Å². The van der Waals surface area contributed by atoms with Gasteiger partial charge < -0.3 is 36.2 Å². The first-order chi connectivity index (χ1) is 13.3. The van der Waals surface area contributed by atoms with E-state index in [1.54, 1.807) is 37.3 Å². The summed E-state index contributed by atoms with van der Waals surface area (Å²) in [5, 5.41) is 22.1. The van der Waals surface area contributed by atoms with E-state index in [0.717, 1.165) is 0 Å². The Hall–Kier alpha value is -3.75. The van der Waals surface area contributed by atoms with Crippen LogP contribution < -0.4 is 31.4 Å². The number of primary amides is 1. The molecular weight excluding hydrogens is 364 g/mol. The summed E-state index contributed by atoms with van der Waals surface area (Å²) in [6, 6.07) is 9.63. The van der Waals surface area contributed by atoms with Crippen molar-refractivity contribution in [2.75, 3.05) is 18.5 Å². The van der Waals surface area contributed by atoms with Gasteiger partial charge >= 0.3 is 0 Å². The molecular formula is C19H21N4O5-. The summed E-state index contributed by atoms with van der Waals surface area (Å²) >= 11 is 0. The number of benzene rings is 2. The number of hydrogen-bond donors (Lipinski definition) is 4. The van der Waals surface area contributed by atoms with Crippen LogP contribution in [0.2, 0.25) is 0 Å². The molecule has 0 aliphatic carbocycles. The smallest absolute Gasteiger partial charge is 0.255 e. The van der Waals surface area contributed by atoms with Crippen LogP contribution in [-0.2, 0) is 9.59 Å². The number of nitrogen functional groups attached to an aromatic ring is 1. The van der Waals surface area contributed by atoms with Crippen molar-refractivity contribution in [3.05, 3.63) is 53.6 Å². The number of carboxylic acids is 1. The lowest BCUT2D eigenvalue weighted by atomic mass is 10.0. The number of amidine groups is 1. The molecule has 0 aromatic heterocycles. The Bertz CT molecular complexity index is 867. The summed E-state index contributed by atoms with van der Waals surface area (Å²) in [4.78, 5) is 22.9. The number of nitrogens with one attached hydrogen (secondary N) is 2. The van der Waals surface area contributed by atoms with Crippen LogP contribution in [0.1, 0.15) is 24.1 Å². The van der Waals surface area contributed by atoms with E-state index in [2.05, 4.69) is 5.32 Å².